The van der Waals surface area contributed by atoms with Crippen molar-refractivity contribution in [3.8, 4) is 11.5 Å². The Labute approximate surface area is 146 Å². The van der Waals surface area contributed by atoms with Crippen LogP contribution in [-0.2, 0) is 11.2 Å². The second kappa shape index (κ2) is 7.57. The van der Waals surface area contributed by atoms with Gasteiger partial charge in [0.25, 0.3) is 0 Å². The number of methoxy groups -OCH3 is 2. The first kappa shape index (κ1) is 16.6. The maximum Gasteiger partial charge on any atom is 0.233 e. The lowest BCUT2D eigenvalue weighted by Gasteiger charge is -2.26. The molecule has 5 nitrogen and oxygen atoms in total. The van der Waals surface area contributed by atoms with E-state index in [9.17, 15) is 4.79 Å². The highest BCUT2D eigenvalue weighted by molar-refractivity contribution is 8.00. The fourth-order valence-electron chi connectivity index (χ4n) is 2.86. The molecule has 2 aromatic rings. The van der Waals surface area contributed by atoms with E-state index in [2.05, 4.69) is 4.98 Å². The van der Waals surface area contributed by atoms with E-state index in [1.54, 1.807) is 38.4 Å². The number of nitrogens with zero attached hydrogens (tertiary/aromatic N) is 2. The summed E-state index contributed by atoms with van der Waals surface area (Å²) in [5.74, 6) is 2.11. The first-order chi connectivity index (χ1) is 11.7. The van der Waals surface area contributed by atoms with Crippen molar-refractivity contribution in [2.45, 2.75) is 11.8 Å². The van der Waals surface area contributed by atoms with Crippen molar-refractivity contribution in [1.82, 2.24) is 9.88 Å². The topological polar surface area (TPSA) is 51.7 Å². The predicted octanol–water partition coefficient (Wildman–Crippen LogP) is 2.92. The summed E-state index contributed by atoms with van der Waals surface area (Å²) in [5.41, 5.74) is 2.09. The van der Waals surface area contributed by atoms with Gasteiger partial charge in [0.1, 0.15) is 16.9 Å². The number of hydrogen-bond acceptors (Lipinski definition) is 5. The zero-order valence-electron chi connectivity index (χ0n) is 13.8. The van der Waals surface area contributed by atoms with Crippen LogP contribution in [0.2, 0.25) is 0 Å². The van der Waals surface area contributed by atoms with Gasteiger partial charge in [0.2, 0.25) is 5.91 Å². The van der Waals surface area contributed by atoms with E-state index >= 15 is 0 Å². The zero-order valence-corrected chi connectivity index (χ0v) is 14.6. The van der Waals surface area contributed by atoms with Gasteiger partial charge in [-0.2, -0.15) is 0 Å². The van der Waals surface area contributed by atoms with Crippen LogP contribution in [0.3, 0.4) is 0 Å². The Hall–Kier alpha value is -2.21. The number of aromatic nitrogens is 1. The summed E-state index contributed by atoms with van der Waals surface area (Å²) in [4.78, 5) is 18.3. The number of carbonyl (C=O) groups excluding carboxylic acids is 1. The molecule has 1 aliphatic rings. The molecular weight excluding hydrogens is 324 g/mol. The smallest absolute Gasteiger partial charge is 0.233 e. The predicted molar refractivity (Wildman–Crippen MR) is 94.4 cm³/mol. The monoisotopic (exact) mass is 344 g/mol. The minimum absolute atomic E-state index is 0.0922. The number of ether oxygens (including phenoxy) is 2. The summed E-state index contributed by atoms with van der Waals surface area (Å²) in [6.45, 7) is 0.654. The van der Waals surface area contributed by atoms with Crippen molar-refractivity contribution < 1.29 is 14.3 Å². The molecule has 1 aromatic carbocycles. The van der Waals surface area contributed by atoms with Gasteiger partial charge >= 0.3 is 0 Å². The minimum Gasteiger partial charge on any atom is -0.496 e. The first-order valence-electron chi connectivity index (χ1n) is 7.75. The normalized spacial score (nSPS) is 17.2. The Balaban J connectivity index is 1.85. The van der Waals surface area contributed by atoms with Gasteiger partial charge in [-0.15, -0.1) is 11.8 Å². The van der Waals surface area contributed by atoms with E-state index in [1.165, 1.54) is 5.56 Å². The molecule has 3 rings (SSSR count). The van der Waals surface area contributed by atoms with Gasteiger partial charge in [0.15, 0.2) is 0 Å². The SMILES string of the molecule is COc1cccc(OC)c1C1SCC(=O)N1CCc1ccncc1. The van der Waals surface area contributed by atoms with Crippen LogP contribution in [0.4, 0.5) is 0 Å². The Morgan fingerprint density at radius 3 is 2.46 bits per heavy atom. The lowest BCUT2D eigenvalue weighted by Crippen LogP contribution is -2.30. The lowest BCUT2D eigenvalue weighted by atomic mass is 10.1. The van der Waals surface area contributed by atoms with Crippen molar-refractivity contribution in [2.24, 2.45) is 0 Å². The van der Waals surface area contributed by atoms with Crippen molar-refractivity contribution in [2.75, 3.05) is 26.5 Å². The van der Waals surface area contributed by atoms with Crippen molar-refractivity contribution >= 4 is 17.7 Å². The standard InChI is InChI=1S/C18H20N2O3S/c1-22-14-4-3-5-15(23-2)17(14)18-20(16(21)12-24-18)11-8-13-6-9-19-10-7-13/h3-7,9-10,18H,8,11-12H2,1-2H3. The number of carbonyl (C=O) groups is 1. The number of thioether (sulfide) groups is 1. The molecule has 0 aliphatic carbocycles. The van der Waals surface area contributed by atoms with Crippen LogP contribution in [0, 0.1) is 0 Å². The molecular formula is C18H20N2O3S. The third kappa shape index (κ3) is 3.33. The fraction of sp³-hybridized carbons (Fsp3) is 0.333. The van der Waals surface area contributed by atoms with Gasteiger partial charge in [-0.05, 0) is 36.2 Å². The summed E-state index contributed by atoms with van der Waals surface area (Å²) >= 11 is 1.61. The largest absolute Gasteiger partial charge is 0.496 e. The Kier molecular flexibility index (Phi) is 5.25. The highest BCUT2D eigenvalue weighted by atomic mass is 32.2. The number of rotatable bonds is 6. The fourth-order valence-corrected chi connectivity index (χ4v) is 4.13. The summed E-state index contributed by atoms with van der Waals surface area (Å²) < 4.78 is 11.0. The molecule has 1 aliphatic heterocycles. The lowest BCUT2D eigenvalue weighted by molar-refractivity contribution is -0.128. The highest BCUT2D eigenvalue weighted by Crippen LogP contribution is 2.46. The summed E-state index contributed by atoms with van der Waals surface area (Å²) in [7, 11) is 3.28. The number of benzene rings is 1. The van der Waals surface area contributed by atoms with Gasteiger partial charge in [0, 0.05) is 18.9 Å². The molecule has 1 saturated heterocycles. The van der Waals surface area contributed by atoms with Crippen LogP contribution in [-0.4, -0.2) is 42.3 Å². The molecule has 1 atom stereocenters. The average molecular weight is 344 g/mol. The molecule has 1 unspecified atom stereocenters. The summed E-state index contributed by atoms with van der Waals surface area (Å²) in [6.07, 6.45) is 4.34. The molecule has 0 bridgehead atoms. The van der Waals surface area contributed by atoms with Crippen LogP contribution in [0.15, 0.2) is 42.7 Å². The third-order valence-corrected chi connectivity index (χ3v) is 5.29. The molecule has 0 saturated carbocycles. The number of hydrogen-bond donors (Lipinski definition) is 0. The van der Waals surface area contributed by atoms with E-state index in [0.29, 0.717) is 12.3 Å². The van der Waals surface area contributed by atoms with E-state index in [1.807, 2.05) is 35.2 Å². The average Bonchev–Trinajstić information content (AvgIpc) is 3.00. The first-order valence-corrected chi connectivity index (χ1v) is 8.80. The number of amides is 1. The highest BCUT2D eigenvalue weighted by Gasteiger charge is 2.36. The van der Waals surface area contributed by atoms with Crippen LogP contribution in [0.1, 0.15) is 16.5 Å². The molecule has 1 fully saturated rings. The van der Waals surface area contributed by atoms with Gasteiger partial charge < -0.3 is 14.4 Å². The molecule has 126 valence electrons. The van der Waals surface area contributed by atoms with Gasteiger partial charge in [-0.3, -0.25) is 9.78 Å². The molecule has 0 radical (unpaired) electrons. The second-order valence-corrected chi connectivity index (χ2v) is 6.50. The zero-order chi connectivity index (χ0) is 16.9. The maximum absolute atomic E-state index is 12.4. The molecule has 24 heavy (non-hydrogen) atoms. The Morgan fingerprint density at radius 2 is 1.83 bits per heavy atom. The Morgan fingerprint density at radius 1 is 1.17 bits per heavy atom. The van der Waals surface area contributed by atoms with Crippen LogP contribution < -0.4 is 9.47 Å². The summed E-state index contributed by atoms with van der Waals surface area (Å²) in [6, 6.07) is 9.66. The van der Waals surface area contributed by atoms with Gasteiger partial charge in [-0.1, -0.05) is 6.07 Å². The molecule has 1 aromatic heterocycles. The van der Waals surface area contributed by atoms with Crippen molar-refractivity contribution in [3.05, 3.63) is 53.9 Å². The molecule has 6 heteroatoms. The molecule has 0 spiro atoms. The van der Waals surface area contributed by atoms with Gasteiger partial charge in [-0.25, -0.2) is 0 Å². The van der Waals surface area contributed by atoms with Crippen molar-refractivity contribution in [1.29, 1.82) is 0 Å². The Bertz CT molecular complexity index is 686. The van der Waals surface area contributed by atoms with Crippen molar-refractivity contribution in [3.63, 3.8) is 0 Å². The van der Waals surface area contributed by atoms with Crippen LogP contribution in [0.5, 0.6) is 11.5 Å². The molecule has 2 heterocycles. The minimum atomic E-state index is -0.0922. The van der Waals surface area contributed by atoms with Crippen LogP contribution in [0.25, 0.3) is 0 Å². The third-order valence-electron chi connectivity index (χ3n) is 4.07. The summed E-state index contributed by atoms with van der Waals surface area (Å²) in [5, 5.41) is -0.0922. The number of pyridine rings is 1. The second-order valence-electron chi connectivity index (χ2n) is 5.43. The van der Waals surface area contributed by atoms with Gasteiger partial charge in [0.05, 0.1) is 25.5 Å². The molecule has 0 N–H and O–H groups in total. The van der Waals surface area contributed by atoms with E-state index < -0.39 is 0 Å². The maximum atomic E-state index is 12.4. The van der Waals surface area contributed by atoms with E-state index in [-0.39, 0.29) is 11.3 Å². The quantitative estimate of drug-likeness (QED) is 0.806. The van der Waals surface area contributed by atoms with E-state index in [0.717, 1.165) is 23.5 Å². The molecule has 1 amide bonds. The van der Waals surface area contributed by atoms with E-state index in [4.69, 9.17) is 9.47 Å². The van der Waals surface area contributed by atoms with Crippen LogP contribution >= 0.6 is 11.8 Å².